The van der Waals surface area contributed by atoms with E-state index in [2.05, 4.69) is 0 Å². The van der Waals surface area contributed by atoms with Crippen LogP contribution >= 0.6 is 0 Å². The maximum Gasteiger partial charge on any atom is 0.310 e. The van der Waals surface area contributed by atoms with Crippen molar-refractivity contribution in [3.63, 3.8) is 0 Å². The van der Waals surface area contributed by atoms with Crippen molar-refractivity contribution >= 4 is 16.0 Å². The number of aryl methyl sites for hydroxylation is 1. The number of benzene rings is 1. The Morgan fingerprint density at radius 3 is 2.74 bits per heavy atom. The maximum atomic E-state index is 12.9. The first-order valence-corrected chi connectivity index (χ1v) is 8.85. The van der Waals surface area contributed by atoms with E-state index in [1.165, 1.54) is 6.07 Å². The highest BCUT2D eigenvalue weighted by Gasteiger charge is 2.39. The molecule has 8 heteroatoms. The molecular weight excluding hydrogens is 322 g/mol. The van der Waals surface area contributed by atoms with Gasteiger partial charge in [-0.25, -0.2) is 8.42 Å². The van der Waals surface area contributed by atoms with Crippen LogP contribution < -0.4 is 4.74 Å². The van der Waals surface area contributed by atoms with Gasteiger partial charge in [-0.3, -0.25) is 4.79 Å². The van der Waals surface area contributed by atoms with Gasteiger partial charge in [-0.2, -0.15) is 4.31 Å². The molecule has 23 heavy (non-hydrogen) atoms. The number of ether oxygens (including phenoxy) is 1. The molecule has 0 radical (unpaired) electrons. The predicted octanol–water partition coefficient (Wildman–Crippen LogP) is 0.850. The zero-order valence-electron chi connectivity index (χ0n) is 13.1. The molecule has 1 aromatic carbocycles. The lowest BCUT2D eigenvalue weighted by Gasteiger charge is -2.33. The Bertz CT molecular complexity index is 687. The summed E-state index contributed by atoms with van der Waals surface area (Å²) in [6.07, 6.45) is -0.950. The van der Waals surface area contributed by atoms with E-state index in [4.69, 9.17) is 9.84 Å². The number of aliphatic hydroxyl groups is 1. The van der Waals surface area contributed by atoms with Crippen LogP contribution in [0.5, 0.6) is 5.75 Å². The van der Waals surface area contributed by atoms with E-state index >= 15 is 0 Å². The Kier molecular flexibility index (Phi) is 5.28. The number of nitrogens with zero attached hydrogens (tertiary/aromatic N) is 1. The van der Waals surface area contributed by atoms with Crippen molar-refractivity contribution in [1.82, 2.24) is 4.31 Å². The Hall–Kier alpha value is -1.64. The van der Waals surface area contributed by atoms with Gasteiger partial charge in [0.2, 0.25) is 10.0 Å². The summed E-state index contributed by atoms with van der Waals surface area (Å²) in [5.41, 5.74) is 0.763. The highest BCUT2D eigenvalue weighted by atomic mass is 32.2. The first-order chi connectivity index (χ1) is 10.8. The zero-order chi connectivity index (χ0) is 17.2. The average Bonchev–Trinajstić information content (AvgIpc) is 2.49. The van der Waals surface area contributed by atoms with Gasteiger partial charge in [-0.1, -0.05) is 6.07 Å². The standard InChI is InChI=1S/C15H21NO6S/c1-3-22-13-5-4-10(2)8-14(13)23(20,21)16-7-6-12(17)11(9-16)15(18)19/h4-5,8,11-12,17H,3,6-7,9H2,1-2H3,(H,18,19)/t11-,12-/m0/s1. The molecule has 0 saturated carbocycles. The Balaban J connectivity index is 2.38. The smallest absolute Gasteiger partial charge is 0.310 e. The molecule has 0 aromatic heterocycles. The summed E-state index contributed by atoms with van der Waals surface area (Å²) >= 11 is 0. The minimum Gasteiger partial charge on any atom is -0.492 e. The van der Waals surface area contributed by atoms with Crippen LogP contribution in [0.3, 0.4) is 0 Å². The molecular formula is C15H21NO6S. The fourth-order valence-corrected chi connectivity index (χ4v) is 4.30. The summed E-state index contributed by atoms with van der Waals surface area (Å²) in [7, 11) is -3.89. The number of aliphatic carboxylic acids is 1. The molecule has 7 nitrogen and oxygen atoms in total. The molecule has 1 heterocycles. The highest BCUT2D eigenvalue weighted by Crippen LogP contribution is 2.31. The van der Waals surface area contributed by atoms with Crippen LogP contribution in [0.25, 0.3) is 0 Å². The largest absolute Gasteiger partial charge is 0.492 e. The van der Waals surface area contributed by atoms with Crippen molar-refractivity contribution in [3.8, 4) is 5.75 Å². The number of rotatable bonds is 5. The molecule has 2 atom stereocenters. The van der Waals surface area contributed by atoms with Crippen molar-refractivity contribution in [2.24, 2.45) is 5.92 Å². The number of piperidine rings is 1. The van der Waals surface area contributed by atoms with E-state index in [-0.39, 0.29) is 30.2 Å². The third kappa shape index (κ3) is 3.65. The van der Waals surface area contributed by atoms with Crippen LogP contribution in [-0.4, -0.2) is 54.7 Å². The number of sulfonamides is 1. The third-order valence-electron chi connectivity index (χ3n) is 3.87. The minimum atomic E-state index is -3.89. The van der Waals surface area contributed by atoms with E-state index in [1.807, 2.05) is 0 Å². The summed E-state index contributed by atoms with van der Waals surface area (Å²) in [4.78, 5) is 11.2. The van der Waals surface area contributed by atoms with Crippen molar-refractivity contribution in [1.29, 1.82) is 0 Å². The summed E-state index contributed by atoms with van der Waals surface area (Å²) in [5.74, 6) is -2.08. The predicted molar refractivity (Wildman–Crippen MR) is 82.9 cm³/mol. The van der Waals surface area contributed by atoms with Gasteiger partial charge in [0.1, 0.15) is 10.6 Å². The molecule has 1 aliphatic heterocycles. The molecule has 1 aromatic rings. The lowest BCUT2D eigenvalue weighted by atomic mass is 9.96. The molecule has 0 aliphatic carbocycles. The van der Waals surface area contributed by atoms with Crippen molar-refractivity contribution in [2.45, 2.75) is 31.3 Å². The average molecular weight is 343 g/mol. The lowest BCUT2D eigenvalue weighted by molar-refractivity contribution is -0.147. The monoisotopic (exact) mass is 343 g/mol. The molecule has 0 amide bonds. The molecule has 0 spiro atoms. The molecule has 1 aliphatic rings. The van der Waals surface area contributed by atoms with E-state index < -0.39 is 28.0 Å². The number of hydrogen-bond donors (Lipinski definition) is 2. The van der Waals surface area contributed by atoms with Gasteiger partial charge in [0.25, 0.3) is 0 Å². The zero-order valence-corrected chi connectivity index (χ0v) is 13.9. The van der Waals surface area contributed by atoms with Gasteiger partial charge in [-0.05, 0) is 38.0 Å². The SMILES string of the molecule is CCOc1ccc(C)cc1S(=O)(=O)N1CC[C@H](O)[C@@H](C(=O)O)C1. The van der Waals surface area contributed by atoms with Crippen LogP contribution in [0.1, 0.15) is 18.9 Å². The molecule has 1 fully saturated rings. The summed E-state index contributed by atoms with van der Waals surface area (Å²) in [5, 5.41) is 18.9. The molecule has 2 N–H and O–H groups in total. The topological polar surface area (TPSA) is 104 Å². The number of carbonyl (C=O) groups is 1. The Labute approximate surface area is 135 Å². The fourth-order valence-electron chi connectivity index (χ4n) is 2.60. The van der Waals surface area contributed by atoms with E-state index in [9.17, 15) is 18.3 Å². The van der Waals surface area contributed by atoms with Gasteiger partial charge in [0.05, 0.1) is 18.6 Å². The summed E-state index contributed by atoms with van der Waals surface area (Å²) in [6, 6.07) is 4.87. The first kappa shape index (κ1) is 17.7. The van der Waals surface area contributed by atoms with Crippen molar-refractivity contribution < 1.29 is 28.2 Å². The molecule has 1 saturated heterocycles. The van der Waals surface area contributed by atoms with Gasteiger partial charge < -0.3 is 14.9 Å². The Morgan fingerprint density at radius 1 is 1.43 bits per heavy atom. The van der Waals surface area contributed by atoms with Crippen LogP contribution in [0, 0.1) is 12.8 Å². The molecule has 0 unspecified atom stereocenters. The summed E-state index contributed by atoms with van der Waals surface area (Å²) in [6.45, 7) is 3.68. The van der Waals surface area contributed by atoms with Crippen LogP contribution in [0.15, 0.2) is 23.1 Å². The Morgan fingerprint density at radius 2 is 2.13 bits per heavy atom. The molecule has 128 valence electrons. The fraction of sp³-hybridized carbons (Fsp3) is 0.533. The second kappa shape index (κ2) is 6.86. The number of carboxylic acids is 1. The maximum absolute atomic E-state index is 12.9. The normalized spacial score (nSPS) is 22.7. The highest BCUT2D eigenvalue weighted by molar-refractivity contribution is 7.89. The molecule has 0 bridgehead atoms. The number of hydrogen-bond acceptors (Lipinski definition) is 5. The number of aliphatic hydroxyl groups excluding tert-OH is 1. The van der Waals surface area contributed by atoms with E-state index in [0.717, 1.165) is 9.87 Å². The van der Waals surface area contributed by atoms with Crippen molar-refractivity contribution in [3.05, 3.63) is 23.8 Å². The van der Waals surface area contributed by atoms with Crippen LogP contribution in [0.4, 0.5) is 0 Å². The third-order valence-corrected chi connectivity index (χ3v) is 5.76. The number of carboxylic acid groups (broad SMARTS) is 1. The van der Waals surface area contributed by atoms with E-state index in [1.54, 1.807) is 26.0 Å². The second-order valence-corrected chi connectivity index (χ2v) is 7.45. The quantitative estimate of drug-likeness (QED) is 0.821. The van der Waals surface area contributed by atoms with E-state index in [0.29, 0.717) is 6.61 Å². The van der Waals surface area contributed by atoms with Gasteiger partial charge in [0, 0.05) is 13.1 Å². The minimum absolute atomic E-state index is 0.0277. The lowest BCUT2D eigenvalue weighted by Crippen LogP contribution is -2.48. The summed E-state index contributed by atoms with van der Waals surface area (Å²) < 4.78 is 32.3. The van der Waals surface area contributed by atoms with Gasteiger partial charge in [-0.15, -0.1) is 0 Å². The van der Waals surface area contributed by atoms with Crippen molar-refractivity contribution in [2.75, 3.05) is 19.7 Å². The van der Waals surface area contributed by atoms with Gasteiger partial charge in [0.15, 0.2) is 0 Å². The van der Waals surface area contributed by atoms with Crippen LogP contribution in [0.2, 0.25) is 0 Å². The van der Waals surface area contributed by atoms with Crippen LogP contribution in [-0.2, 0) is 14.8 Å². The first-order valence-electron chi connectivity index (χ1n) is 7.41. The molecule has 2 rings (SSSR count). The van der Waals surface area contributed by atoms with Gasteiger partial charge >= 0.3 is 5.97 Å². The second-order valence-electron chi connectivity index (χ2n) is 5.55.